The number of amides is 2. The van der Waals surface area contributed by atoms with E-state index in [4.69, 9.17) is 11.6 Å². The standard InChI is InChI=1S/C23H22ClFN4O2/c1-15-6-7-17(12-21(15)25)22(30)27-8-10-28(11-9-27)23(31)20-14-26-29(16(20)2)19-5-3-4-18(24)13-19/h3-7,12-14H,8-11H2,1-2H3. The van der Waals surface area contributed by atoms with Gasteiger partial charge in [-0.05, 0) is 49.7 Å². The minimum atomic E-state index is -0.396. The van der Waals surface area contributed by atoms with E-state index in [1.54, 1.807) is 51.9 Å². The van der Waals surface area contributed by atoms with Crippen LogP contribution in [0.5, 0.6) is 0 Å². The van der Waals surface area contributed by atoms with Crippen LogP contribution in [0.2, 0.25) is 5.02 Å². The molecule has 1 aliphatic heterocycles. The van der Waals surface area contributed by atoms with Crippen LogP contribution in [0.1, 0.15) is 32.0 Å². The summed E-state index contributed by atoms with van der Waals surface area (Å²) in [6, 6.07) is 11.8. The molecule has 0 unspecified atom stereocenters. The van der Waals surface area contributed by atoms with Crippen LogP contribution in [0.15, 0.2) is 48.7 Å². The van der Waals surface area contributed by atoms with Crippen molar-refractivity contribution >= 4 is 23.4 Å². The predicted octanol–water partition coefficient (Wildman–Crippen LogP) is 3.88. The van der Waals surface area contributed by atoms with Crippen LogP contribution in [0, 0.1) is 19.7 Å². The molecule has 0 aliphatic carbocycles. The first-order valence-electron chi connectivity index (χ1n) is 10.0. The molecule has 4 rings (SSSR count). The smallest absolute Gasteiger partial charge is 0.257 e. The SMILES string of the molecule is Cc1ccc(C(=O)N2CCN(C(=O)c3cnn(-c4cccc(Cl)c4)c3C)CC2)cc1F. The van der Waals surface area contributed by atoms with Gasteiger partial charge in [0.1, 0.15) is 5.82 Å². The first-order chi connectivity index (χ1) is 14.8. The molecule has 3 aromatic rings. The Morgan fingerprint density at radius 3 is 2.29 bits per heavy atom. The molecule has 160 valence electrons. The average molecular weight is 441 g/mol. The number of rotatable bonds is 3. The van der Waals surface area contributed by atoms with Crippen LogP contribution < -0.4 is 0 Å². The van der Waals surface area contributed by atoms with Crippen molar-refractivity contribution in [3.05, 3.63) is 81.9 Å². The molecule has 31 heavy (non-hydrogen) atoms. The number of carbonyl (C=O) groups is 2. The molecule has 2 amide bonds. The van der Waals surface area contributed by atoms with Crippen LogP contribution >= 0.6 is 11.6 Å². The fourth-order valence-corrected chi connectivity index (χ4v) is 3.86. The van der Waals surface area contributed by atoms with Gasteiger partial charge in [0.25, 0.3) is 11.8 Å². The van der Waals surface area contributed by atoms with Crippen molar-refractivity contribution < 1.29 is 14.0 Å². The molecule has 1 aromatic heterocycles. The van der Waals surface area contributed by atoms with Crippen LogP contribution in [0.3, 0.4) is 0 Å². The Bertz CT molecular complexity index is 1150. The maximum Gasteiger partial charge on any atom is 0.257 e. The van der Waals surface area contributed by atoms with Gasteiger partial charge in [-0.25, -0.2) is 9.07 Å². The average Bonchev–Trinajstić information content (AvgIpc) is 3.16. The molecular weight excluding hydrogens is 419 g/mol. The van der Waals surface area contributed by atoms with Crippen molar-refractivity contribution in [1.29, 1.82) is 0 Å². The van der Waals surface area contributed by atoms with E-state index in [1.807, 2.05) is 19.1 Å². The number of benzene rings is 2. The molecule has 1 fully saturated rings. The van der Waals surface area contributed by atoms with Gasteiger partial charge < -0.3 is 9.80 Å². The Hall–Kier alpha value is -3.19. The fourth-order valence-electron chi connectivity index (χ4n) is 3.68. The Balaban J connectivity index is 1.44. The zero-order chi connectivity index (χ0) is 22.1. The Morgan fingerprint density at radius 2 is 1.65 bits per heavy atom. The lowest BCUT2D eigenvalue weighted by Gasteiger charge is -2.34. The summed E-state index contributed by atoms with van der Waals surface area (Å²) >= 11 is 6.07. The third kappa shape index (κ3) is 4.18. The van der Waals surface area contributed by atoms with Crippen LogP contribution in [-0.2, 0) is 0 Å². The summed E-state index contributed by atoms with van der Waals surface area (Å²) in [7, 11) is 0. The summed E-state index contributed by atoms with van der Waals surface area (Å²) in [5, 5.41) is 4.94. The van der Waals surface area contributed by atoms with E-state index in [-0.39, 0.29) is 11.8 Å². The third-order valence-electron chi connectivity index (χ3n) is 5.57. The van der Waals surface area contributed by atoms with E-state index >= 15 is 0 Å². The molecule has 0 saturated carbocycles. The van der Waals surface area contributed by atoms with E-state index in [0.717, 1.165) is 11.4 Å². The van der Waals surface area contributed by atoms with Crippen LogP contribution in [0.4, 0.5) is 4.39 Å². The molecule has 0 bridgehead atoms. The second-order valence-corrected chi connectivity index (χ2v) is 8.02. The van der Waals surface area contributed by atoms with Crippen molar-refractivity contribution in [2.45, 2.75) is 13.8 Å². The molecule has 6 nitrogen and oxygen atoms in total. The largest absolute Gasteiger partial charge is 0.335 e. The second kappa shape index (κ2) is 8.51. The van der Waals surface area contributed by atoms with E-state index in [0.29, 0.717) is 47.9 Å². The number of halogens is 2. The highest BCUT2D eigenvalue weighted by Crippen LogP contribution is 2.20. The summed E-state index contributed by atoms with van der Waals surface area (Å²) < 4.78 is 15.5. The highest BCUT2D eigenvalue weighted by Gasteiger charge is 2.27. The number of hydrogen-bond donors (Lipinski definition) is 0. The van der Waals surface area contributed by atoms with E-state index in [9.17, 15) is 14.0 Å². The molecule has 0 spiro atoms. The lowest BCUT2D eigenvalue weighted by Crippen LogP contribution is -2.50. The minimum Gasteiger partial charge on any atom is -0.335 e. The monoisotopic (exact) mass is 440 g/mol. The van der Waals surface area contributed by atoms with E-state index in [2.05, 4.69) is 5.10 Å². The summed E-state index contributed by atoms with van der Waals surface area (Å²) in [6.07, 6.45) is 1.56. The van der Waals surface area contributed by atoms with Gasteiger partial charge in [0, 0.05) is 36.8 Å². The van der Waals surface area contributed by atoms with Gasteiger partial charge in [0.15, 0.2) is 0 Å². The van der Waals surface area contributed by atoms with Gasteiger partial charge in [-0.2, -0.15) is 5.10 Å². The molecule has 2 heterocycles. The zero-order valence-corrected chi connectivity index (χ0v) is 18.1. The Kier molecular flexibility index (Phi) is 5.78. The van der Waals surface area contributed by atoms with Gasteiger partial charge in [0.2, 0.25) is 0 Å². The summed E-state index contributed by atoms with van der Waals surface area (Å²) in [6.45, 7) is 5.09. The van der Waals surface area contributed by atoms with Gasteiger partial charge in [-0.3, -0.25) is 9.59 Å². The quantitative estimate of drug-likeness (QED) is 0.621. The molecule has 1 aliphatic rings. The van der Waals surface area contributed by atoms with Crippen molar-refractivity contribution in [3.8, 4) is 5.69 Å². The summed E-state index contributed by atoms with van der Waals surface area (Å²) in [4.78, 5) is 29.1. The summed E-state index contributed by atoms with van der Waals surface area (Å²) in [5.74, 6) is -0.748. The molecule has 0 radical (unpaired) electrons. The molecule has 0 atom stereocenters. The Labute approximate surface area is 184 Å². The molecular formula is C23H22ClFN4O2. The predicted molar refractivity (Wildman–Crippen MR) is 116 cm³/mol. The van der Waals surface area contributed by atoms with Crippen molar-refractivity contribution in [3.63, 3.8) is 0 Å². The zero-order valence-electron chi connectivity index (χ0n) is 17.3. The molecule has 0 N–H and O–H groups in total. The lowest BCUT2D eigenvalue weighted by atomic mass is 10.1. The number of piperazine rings is 1. The molecule has 2 aromatic carbocycles. The highest BCUT2D eigenvalue weighted by molar-refractivity contribution is 6.30. The van der Waals surface area contributed by atoms with Crippen LogP contribution in [0.25, 0.3) is 5.69 Å². The van der Waals surface area contributed by atoms with Crippen molar-refractivity contribution in [2.75, 3.05) is 26.2 Å². The second-order valence-electron chi connectivity index (χ2n) is 7.58. The molecule has 1 saturated heterocycles. The normalized spacial score (nSPS) is 14.1. The molecule has 8 heteroatoms. The maximum atomic E-state index is 13.8. The number of aryl methyl sites for hydroxylation is 1. The fraction of sp³-hybridized carbons (Fsp3) is 0.261. The lowest BCUT2D eigenvalue weighted by molar-refractivity contribution is 0.0535. The summed E-state index contributed by atoms with van der Waals surface area (Å²) in [5.41, 5.74) is 2.84. The van der Waals surface area contributed by atoms with Crippen molar-refractivity contribution in [2.24, 2.45) is 0 Å². The minimum absolute atomic E-state index is 0.126. The van der Waals surface area contributed by atoms with E-state index in [1.165, 1.54) is 6.07 Å². The van der Waals surface area contributed by atoms with Gasteiger partial charge in [0.05, 0.1) is 23.1 Å². The highest BCUT2D eigenvalue weighted by atomic mass is 35.5. The van der Waals surface area contributed by atoms with Gasteiger partial charge >= 0.3 is 0 Å². The first kappa shape index (κ1) is 21.1. The Morgan fingerprint density at radius 1 is 0.968 bits per heavy atom. The van der Waals surface area contributed by atoms with Gasteiger partial charge in [-0.1, -0.05) is 23.7 Å². The number of carbonyl (C=O) groups excluding carboxylic acids is 2. The van der Waals surface area contributed by atoms with E-state index < -0.39 is 5.82 Å². The van der Waals surface area contributed by atoms with Crippen LogP contribution in [-0.4, -0.2) is 57.6 Å². The number of aromatic nitrogens is 2. The third-order valence-corrected chi connectivity index (χ3v) is 5.80. The first-order valence-corrected chi connectivity index (χ1v) is 10.4. The number of hydrogen-bond acceptors (Lipinski definition) is 3. The number of nitrogens with zero attached hydrogens (tertiary/aromatic N) is 4. The maximum absolute atomic E-state index is 13.8. The van der Waals surface area contributed by atoms with Crippen molar-refractivity contribution in [1.82, 2.24) is 19.6 Å². The topological polar surface area (TPSA) is 58.4 Å². The van der Waals surface area contributed by atoms with Gasteiger partial charge in [-0.15, -0.1) is 0 Å².